The second kappa shape index (κ2) is 5.49. The van der Waals surface area contributed by atoms with Gasteiger partial charge in [-0.05, 0) is 15.5 Å². The minimum atomic E-state index is 0.536. The fourth-order valence-electron chi connectivity index (χ4n) is 0.0143. The molecular weight excluding hydrogens is 236 g/mol. The molecule has 0 aliphatic rings. The van der Waals surface area contributed by atoms with Gasteiger partial charge in [0.1, 0.15) is 0 Å². The molecule has 0 radical (unpaired) electrons. The predicted octanol–water partition coefficient (Wildman–Crippen LogP) is 3.33. The zero-order chi connectivity index (χ0) is 4.12. The summed E-state index contributed by atoms with van der Waals surface area (Å²) in [5.41, 5.74) is 0. The molecule has 0 amide bonds. The fraction of sp³-hybridized carbons (Fsp3) is 0. The van der Waals surface area contributed by atoms with Crippen LogP contribution >= 0.6 is 45.5 Å². The highest BCUT2D eigenvalue weighted by Crippen LogP contribution is 2.28. The average molecular weight is 237 g/mol. The zero-order valence-electron chi connectivity index (χ0n) is 2.15. The maximum Gasteiger partial charge on any atom is 0.0883 e. The van der Waals surface area contributed by atoms with Crippen LogP contribution in [0.5, 0.6) is 0 Å². The molecule has 0 bridgehead atoms. The van der Waals surface area contributed by atoms with Gasteiger partial charge in [0.2, 0.25) is 0 Å². The van der Waals surface area contributed by atoms with Crippen molar-refractivity contribution in [1.82, 2.24) is 0 Å². The van der Waals surface area contributed by atoms with E-state index in [9.17, 15) is 0 Å². The Bertz CT molecular complexity index is 34.6. The van der Waals surface area contributed by atoms with Gasteiger partial charge in [-0.3, -0.25) is 0 Å². The maximum atomic E-state index is 3.81. The summed E-state index contributed by atoms with van der Waals surface area (Å²) >= 11 is 6.23. The molecule has 30 valence electrons. The first kappa shape index (κ1) is 6.49. The lowest BCUT2D eigenvalue weighted by Gasteiger charge is -1.62. The van der Waals surface area contributed by atoms with Crippen LogP contribution in [-0.4, -0.2) is 0 Å². The highest BCUT2D eigenvalue weighted by molar-refractivity contribution is 9.38. The van der Waals surface area contributed by atoms with Crippen LogP contribution in [0.1, 0.15) is 0 Å². The summed E-state index contributed by atoms with van der Waals surface area (Å²) in [6, 6.07) is 0. The summed E-state index contributed by atoms with van der Waals surface area (Å²) in [7, 11) is 1.47. The van der Waals surface area contributed by atoms with E-state index in [1.54, 1.807) is 0 Å². The Labute approximate surface area is 50.1 Å². The molecule has 0 rings (SSSR count). The van der Waals surface area contributed by atoms with E-state index < -0.39 is 0 Å². The first-order chi connectivity index (χ1) is 2.41. The van der Waals surface area contributed by atoms with Crippen molar-refractivity contribution in [2.45, 2.75) is 0 Å². The first-order valence-electron chi connectivity index (χ1n) is 0.782. The highest BCUT2D eigenvalue weighted by Gasteiger charge is 1.56. The molecule has 0 spiro atoms. The van der Waals surface area contributed by atoms with Gasteiger partial charge in [0.15, 0.2) is 0 Å². The second-order valence-electron chi connectivity index (χ2n) is 0.260. The van der Waals surface area contributed by atoms with E-state index in [1.165, 1.54) is 0 Å². The molecule has 0 aliphatic carbocycles. The van der Waals surface area contributed by atoms with Gasteiger partial charge in [0.05, 0.1) is 14.5 Å². The van der Waals surface area contributed by atoms with Crippen molar-refractivity contribution in [3.8, 4) is 0 Å². The molecule has 1 nitrogen and oxygen atoms in total. The van der Waals surface area contributed by atoms with Crippen LogP contribution in [0.4, 0.5) is 0 Å². The minimum absolute atomic E-state index is 0.536. The van der Waals surface area contributed by atoms with Crippen molar-refractivity contribution < 1.29 is 0 Å². The minimum Gasteiger partial charge on any atom is -0.225 e. The summed E-state index contributed by atoms with van der Waals surface area (Å²) in [5, 5.41) is 0. The van der Waals surface area contributed by atoms with E-state index in [0.29, 0.717) is 7.43 Å². The van der Waals surface area contributed by atoms with Crippen LogP contribution in [0.15, 0.2) is 4.52 Å². The van der Waals surface area contributed by atoms with Gasteiger partial charge in [-0.2, -0.15) is 0 Å². The van der Waals surface area contributed by atoms with Crippen LogP contribution in [0, 0.1) is 0 Å². The molecular formula is HBr2NP2. The van der Waals surface area contributed by atoms with E-state index >= 15 is 0 Å². The Balaban J connectivity index is 2.62. The molecule has 0 aliphatic heterocycles. The Morgan fingerprint density at radius 1 is 1.80 bits per heavy atom. The van der Waals surface area contributed by atoms with Gasteiger partial charge in [-0.25, -0.2) is 4.52 Å². The van der Waals surface area contributed by atoms with Gasteiger partial charge < -0.3 is 0 Å². The van der Waals surface area contributed by atoms with Gasteiger partial charge >= 0.3 is 0 Å². The zero-order valence-corrected chi connectivity index (χ0v) is 7.22. The molecule has 1 unspecified atom stereocenters. The molecule has 0 aromatic carbocycles. The molecule has 0 aromatic rings. The Kier molecular flexibility index (Phi) is 7.13. The lowest BCUT2D eigenvalue weighted by Crippen LogP contribution is -0.977. The van der Waals surface area contributed by atoms with Crippen molar-refractivity contribution in [3.63, 3.8) is 0 Å². The van der Waals surface area contributed by atoms with Crippen molar-refractivity contribution >= 4 is 45.5 Å². The number of rotatable bonds is 1. The van der Waals surface area contributed by atoms with Crippen LogP contribution in [0.25, 0.3) is 0 Å². The number of hydrogen-bond donors (Lipinski definition) is 0. The molecule has 0 aromatic heterocycles. The summed E-state index contributed by atoms with van der Waals surface area (Å²) in [4.78, 5) is 0. The summed E-state index contributed by atoms with van der Waals surface area (Å²) < 4.78 is 3.81. The molecule has 0 fully saturated rings. The largest absolute Gasteiger partial charge is 0.225 e. The van der Waals surface area contributed by atoms with Crippen LogP contribution in [-0.2, 0) is 0 Å². The molecule has 5 heteroatoms. The van der Waals surface area contributed by atoms with Crippen LogP contribution in [0.3, 0.4) is 0 Å². The highest BCUT2D eigenvalue weighted by atomic mass is 79.9. The molecule has 0 saturated heterocycles. The first-order valence-corrected chi connectivity index (χ1v) is 6.85. The van der Waals surface area contributed by atoms with E-state index in [2.05, 4.69) is 35.5 Å². The topological polar surface area (TPSA) is 12.4 Å². The lowest BCUT2D eigenvalue weighted by molar-refractivity contribution is 2.11. The smallest absolute Gasteiger partial charge is 0.0883 e. The third kappa shape index (κ3) is 5.49. The molecule has 0 N–H and O–H groups in total. The summed E-state index contributed by atoms with van der Waals surface area (Å²) in [5.74, 6) is 0. The van der Waals surface area contributed by atoms with Crippen molar-refractivity contribution in [3.05, 3.63) is 0 Å². The van der Waals surface area contributed by atoms with Crippen LogP contribution in [0.2, 0.25) is 0 Å². The van der Waals surface area contributed by atoms with Gasteiger partial charge in [-0.15, -0.1) is 0 Å². The normalized spacial score (nSPS) is 12.4. The standard InChI is InChI=1S/Br2HNP2/c1-4-3-5-2/h4H. The van der Waals surface area contributed by atoms with E-state index in [-0.39, 0.29) is 0 Å². The Morgan fingerprint density at radius 2 is 2.40 bits per heavy atom. The quantitative estimate of drug-likeness (QED) is 0.620. The maximum absolute atomic E-state index is 3.81. The predicted molar refractivity (Wildman–Crippen MR) is 35.5 cm³/mol. The second-order valence-corrected chi connectivity index (χ2v) is 3.40. The molecule has 5 heavy (non-hydrogen) atoms. The van der Waals surface area contributed by atoms with E-state index in [1.807, 2.05) is 0 Å². The van der Waals surface area contributed by atoms with Crippen molar-refractivity contribution in [2.75, 3.05) is 0 Å². The summed E-state index contributed by atoms with van der Waals surface area (Å²) in [6.07, 6.45) is 0. The van der Waals surface area contributed by atoms with Crippen molar-refractivity contribution in [1.29, 1.82) is 0 Å². The number of hydrogen-bond acceptors (Lipinski definition) is 1. The lowest BCUT2D eigenvalue weighted by atomic mass is 13.9. The molecule has 0 heterocycles. The number of halogens is 2. The van der Waals surface area contributed by atoms with Crippen molar-refractivity contribution in [2.24, 2.45) is 4.52 Å². The molecule has 0 saturated carbocycles. The third-order valence-electron chi connectivity index (χ3n) is 0.0756. The monoisotopic (exact) mass is 235 g/mol. The Morgan fingerprint density at radius 3 is 2.40 bits per heavy atom. The number of nitrogens with zero attached hydrogens (tertiary/aromatic N) is 1. The molecule has 1 atom stereocenters. The van der Waals surface area contributed by atoms with Crippen LogP contribution < -0.4 is 0 Å². The van der Waals surface area contributed by atoms with Gasteiger partial charge in [-0.1, -0.05) is 0 Å². The average Bonchev–Trinajstić information content (AvgIpc) is 1.41. The SMILES string of the molecule is BrP=NPBr. The van der Waals surface area contributed by atoms with Gasteiger partial charge in [0, 0.05) is 15.5 Å². The Hall–Kier alpha value is 1.49. The van der Waals surface area contributed by atoms with E-state index in [0.717, 1.165) is 7.08 Å². The van der Waals surface area contributed by atoms with Gasteiger partial charge in [0.25, 0.3) is 0 Å². The third-order valence-corrected chi connectivity index (χ3v) is 3.54. The summed E-state index contributed by atoms with van der Waals surface area (Å²) in [6.45, 7) is 0. The fourth-order valence-corrected chi connectivity index (χ4v) is 3.47. The van der Waals surface area contributed by atoms with E-state index in [4.69, 9.17) is 0 Å².